The summed E-state index contributed by atoms with van der Waals surface area (Å²) in [4.78, 5) is 24.3. The van der Waals surface area contributed by atoms with Crippen LogP contribution in [0.15, 0.2) is 47.7 Å². The van der Waals surface area contributed by atoms with E-state index in [0.29, 0.717) is 17.3 Å². The molecule has 7 heteroatoms. The van der Waals surface area contributed by atoms with Crippen LogP contribution in [0.25, 0.3) is 27.8 Å². The second-order valence-electron chi connectivity index (χ2n) is 6.41. The number of fused-ring (bicyclic) bond motifs is 2. The summed E-state index contributed by atoms with van der Waals surface area (Å²) in [5.74, 6) is -0.539. The van der Waals surface area contributed by atoms with Crippen LogP contribution >= 0.6 is 0 Å². The third kappa shape index (κ3) is 2.32. The van der Waals surface area contributed by atoms with E-state index in [4.69, 9.17) is 4.74 Å². The molecular formula is C19H18N4O3. The highest BCUT2D eigenvalue weighted by molar-refractivity contribution is 5.96. The van der Waals surface area contributed by atoms with Crippen molar-refractivity contribution in [2.45, 2.75) is 19.9 Å². The van der Waals surface area contributed by atoms with Gasteiger partial charge in [0, 0.05) is 30.0 Å². The maximum Gasteiger partial charge on any atom is 0.341 e. The second kappa shape index (κ2) is 5.87. The molecule has 7 nitrogen and oxygen atoms in total. The summed E-state index contributed by atoms with van der Waals surface area (Å²) in [6, 6.07) is 8.31. The van der Waals surface area contributed by atoms with Gasteiger partial charge in [-0.05, 0) is 32.0 Å². The summed E-state index contributed by atoms with van der Waals surface area (Å²) in [6.45, 7) is 4.24. The Morgan fingerprint density at radius 1 is 1.23 bits per heavy atom. The Balaban J connectivity index is 2.02. The lowest BCUT2D eigenvalue weighted by atomic mass is 10.1. The maximum absolute atomic E-state index is 12.2. The molecule has 0 spiro atoms. The number of carbonyl (C=O) groups excluding carboxylic acids is 1. The Morgan fingerprint density at radius 3 is 2.77 bits per heavy atom. The number of methoxy groups -OCH3 is 1. The number of nitrogens with one attached hydrogen (secondary N) is 1. The minimum atomic E-state index is -0.539. The number of nitrogens with zero attached hydrogens (tertiary/aromatic N) is 3. The molecule has 2 aromatic rings. The molecule has 0 amide bonds. The van der Waals surface area contributed by atoms with Gasteiger partial charge >= 0.3 is 5.97 Å². The third-order valence-electron chi connectivity index (χ3n) is 4.54. The van der Waals surface area contributed by atoms with Gasteiger partial charge in [-0.2, -0.15) is 5.10 Å². The molecule has 0 saturated carbocycles. The molecule has 1 aromatic carbocycles. The Bertz CT molecular complexity index is 1150. The lowest BCUT2D eigenvalue weighted by molar-refractivity contribution is 0.0600. The lowest BCUT2D eigenvalue weighted by Crippen LogP contribution is -2.11. The van der Waals surface area contributed by atoms with Gasteiger partial charge in [-0.15, -0.1) is 0 Å². The predicted molar refractivity (Wildman–Crippen MR) is 98.0 cm³/mol. The molecule has 0 fully saturated rings. The molecule has 0 radical (unpaired) electrons. The number of ether oxygens (including phenoxy) is 1. The van der Waals surface area contributed by atoms with Crippen molar-refractivity contribution in [2.75, 3.05) is 7.11 Å². The van der Waals surface area contributed by atoms with Gasteiger partial charge in [0.15, 0.2) is 0 Å². The number of pyridine rings is 1. The Kier molecular flexibility index (Phi) is 3.64. The zero-order valence-corrected chi connectivity index (χ0v) is 14.7. The summed E-state index contributed by atoms with van der Waals surface area (Å²) in [6.07, 6.45) is 5.38. The molecule has 1 aromatic heterocycles. The van der Waals surface area contributed by atoms with Crippen LogP contribution < -0.4 is 5.56 Å². The molecule has 0 aliphatic carbocycles. The smallest absolute Gasteiger partial charge is 0.341 e. The van der Waals surface area contributed by atoms with Crippen LogP contribution in [0.1, 0.15) is 30.2 Å². The van der Waals surface area contributed by atoms with Gasteiger partial charge in [0.25, 0.3) is 5.56 Å². The topological polar surface area (TPSA) is 81.9 Å². The van der Waals surface area contributed by atoms with Gasteiger partial charge in [0.05, 0.1) is 23.9 Å². The Hall–Kier alpha value is -3.35. The fourth-order valence-electron chi connectivity index (χ4n) is 3.28. The molecule has 26 heavy (non-hydrogen) atoms. The number of aromatic nitrogens is 4. The molecule has 0 atom stereocenters. The van der Waals surface area contributed by atoms with Crippen LogP contribution in [0.5, 0.6) is 0 Å². The molecule has 0 saturated heterocycles. The summed E-state index contributed by atoms with van der Waals surface area (Å²) in [5.41, 5.74) is 2.50. The van der Waals surface area contributed by atoms with E-state index in [9.17, 15) is 9.59 Å². The monoisotopic (exact) mass is 350 g/mol. The van der Waals surface area contributed by atoms with Crippen molar-refractivity contribution in [2.24, 2.45) is 0 Å². The van der Waals surface area contributed by atoms with E-state index in [1.807, 2.05) is 24.4 Å². The highest BCUT2D eigenvalue weighted by atomic mass is 16.5. The number of rotatable bonds is 3. The molecule has 3 heterocycles. The van der Waals surface area contributed by atoms with Crippen molar-refractivity contribution in [3.8, 4) is 16.9 Å². The Morgan fingerprint density at radius 2 is 2.04 bits per heavy atom. The largest absolute Gasteiger partial charge is 0.465 e. The van der Waals surface area contributed by atoms with Gasteiger partial charge in [0.1, 0.15) is 11.3 Å². The number of hydrogen-bond acceptors (Lipinski definition) is 4. The van der Waals surface area contributed by atoms with Crippen LogP contribution in [0.2, 0.25) is 0 Å². The fraction of sp³-hybridized carbons (Fsp3) is 0.211. The average Bonchev–Trinajstić information content (AvgIpc) is 3.24. The van der Waals surface area contributed by atoms with E-state index in [1.54, 1.807) is 17.0 Å². The van der Waals surface area contributed by atoms with Crippen molar-refractivity contribution in [1.29, 1.82) is 0 Å². The second-order valence-corrected chi connectivity index (χ2v) is 6.41. The van der Waals surface area contributed by atoms with E-state index in [-0.39, 0.29) is 11.1 Å². The van der Waals surface area contributed by atoms with Gasteiger partial charge in [-0.3, -0.25) is 4.79 Å². The first-order valence-electron chi connectivity index (χ1n) is 8.30. The number of H-pyrrole nitrogens is 1. The summed E-state index contributed by atoms with van der Waals surface area (Å²) < 4.78 is 8.81. The van der Waals surface area contributed by atoms with E-state index < -0.39 is 5.97 Å². The zero-order chi connectivity index (χ0) is 18.4. The highest BCUT2D eigenvalue weighted by Gasteiger charge is 2.22. The zero-order valence-electron chi connectivity index (χ0n) is 14.7. The molecule has 4 rings (SSSR count). The molecule has 1 N–H and O–H groups in total. The molecular weight excluding hydrogens is 332 g/mol. The quantitative estimate of drug-likeness (QED) is 0.576. The van der Waals surface area contributed by atoms with E-state index in [2.05, 4.69) is 34.7 Å². The first-order valence-corrected chi connectivity index (χ1v) is 8.30. The summed E-state index contributed by atoms with van der Waals surface area (Å²) >= 11 is 0. The standard InChI is InChI=1S/C19H18N4O3/c1-11(2)23-8-7-12-15(5-4-6-16(12)23)22-9-13-17(20-21-18(13)24)14(10-22)19(25)26-3/h4-11H,1-3H3,(H,21,24). The van der Waals surface area contributed by atoms with Crippen molar-refractivity contribution in [1.82, 2.24) is 19.3 Å². The molecule has 0 unspecified atom stereocenters. The minimum Gasteiger partial charge on any atom is -0.465 e. The van der Waals surface area contributed by atoms with Crippen molar-refractivity contribution in [3.63, 3.8) is 0 Å². The van der Waals surface area contributed by atoms with E-state index in [1.165, 1.54) is 7.11 Å². The van der Waals surface area contributed by atoms with Crippen LogP contribution in [-0.2, 0) is 4.74 Å². The van der Waals surface area contributed by atoms with Gasteiger partial charge in [-0.25, -0.2) is 9.89 Å². The third-order valence-corrected chi connectivity index (χ3v) is 4.54. The first kappa shape index (κ1) is 16.1. The van der Waals surface area contributed by atoms with Crippen molar-refractivity contribution >= 4 is 16.9 Å². The lowest BCUT2D eigenvalue weighted by Gasteiger charge is -2.14. The molecule has 2 aliphatic heterocycles. The van der Waals surface area contributed by atoms with Crippen LogP contribution in [0.3, 0.4) is 0 Å². The van der Waals surface area contributed by atoms with Gasteiger partial charge in [-0.1, -0.05) is 6.07 Å². The summed E-state index contributed by atoms with van der Waals surface area (Å²) in [7, 11) is 1.31. The molecule has 0 bridgehead atoms. The minimum absolute atomic E-state index is 0.239. The van der Waals surface area contributed by atoms with Crippen molar-refractivity contribution < 1.29 is 9.53 Å². The normalized spacial score (nSPS) is 11.5. The Labute approximate surface area is 149 Å². The highest BCUT2D eigenvalue weighted by Crippen LogP contribution is 2.29. The van der Waals surface area contributed by atoms with Crippen molar-refractivity contribution in [3.05, 3.63) is 58.8 Å². The number of aromatic amines is 1. The van der Waals surface area contributed by atoms with Crippen LogP contribution in [0, 0.1) is 0 Å². The van der Waals surface area contributed by atoms with Gasteiger partial charge < -0.3 is 13.9 Å². The molecule has 2 aliphatic rings. The van der Waals surface area contributed by atoms with E-state index in [0.717, 1.165) is 16.6 Å². The SMILES string of the molecule is COC(=O)c1cn(-c2cccc3c2ccn3C(C)C)cc2c(=O)[nH]nc1-2. The number of esters is 1. The number of hydrogen-bond donors (Lipinski definition) is 1. The number of benzene rings is 1. The van der Waals surface area contributed by atoms with Gasteiger partial charge in [0.2, 0.25) is 0 Å². The average molecular weight is 350 g/mol. The van der Waals surface area contributed by atoms with E-state index >= 15 is 0 Å². The van der Waals surface area contributed by atoms with Crippen LogP contribution in [0.4, 0.5) is 0 Å². The number of carbonyl (C=O) groups is 1. The summed E-state index contributed by atoms with van der Waals surface area (Å²) in [5, 5.41) is 7.38. The predicted octanol–water partition coefficient (Wildman–Crippen LogP) is 2.99. The van der Waals surface area contributed by atoms with Crippen LogP contribution in [-0.4, -0.2) is 32.4 Å². The molecule has 132 valence electrons. The maximum atomic E-state index is 12.2. The fourth-order valence-corrected chi connectivity index (χ4v) is 3.28. The first-order chi connectivity index (χ1) is 12.5.